The molecule has 0 amide bonds. The zero-order valence-electron chi connectivity index (χ0n) is 6.75. The quantitative estimate of drug-likeness (QED) is 0.376. The molecular weight excluding hydrogens is 156 g/mol. The summed E-state index contributed by atoms with van der Waals surface area (Å²) in [6.07, 6.45) is 5.32. The van der Waals surface area contributed by atoms with Gasteiger partial charge < -0.3 is 5.73 Å². The molecule has 0 saturated carbocycles. The van der Waals surface area contributed by atoms with Crippen molar-refractivity contribution in [1.82, 2.24) is 14.8 Å². The normalized spacial score (nSPS) is 12.6. The first-order valence-corrected chi connectivity index (χ1v) is 3.54. The molecule has 12 heavy (non-hydrogen) atoms. The van der Waals surface area contributed by atoms with Gasteiger partial charge >= 0.3 is 0 Å². The highest BCUT2D eigenvalue weighted by Crippen LogP contribution is 1.79. The average Bonchev–Trinajstić information content (AvgIpc) is 2.56. The topological polar surface area (TPSA) is 81.5 Å². The SMILES string of the molecule is CC/C=N/N=C(\N)n1cncn1. The molecule has 0 aliphatic rings. The molecular formula is C6H10N6. The molecule has 0 bridgehead atoms. The summed E-state index contributed by atoms with van der Waals surface area (Å²) in [6, 6.07) is 0. The smallest absolute Gasteiger partial charge is 0.242 e. The molecule has 0 aromatic carbocycles. The summed E-state index contributed by atoms with van der Waals surface area (Å²) in [5, 5.41) is 11.1. The molecule has 0 atom stereocenters. The van der Waals surface area contributed by atoms with Crippen LogP contribution in [0.3, 0.4) is 0 Å². The lowest BCUT2D eigenvalue weighted by atomic mass is 10.6. The number of aromatic nitrogens is 3. The molecule has 0 unspecified atom stereocenters. The van der Waals surface area contributed by atoms with Crippen molar-refractivity contribution in [2.45, 2.75) is 13.3 Å². The van der Waals surface area contributed by atoms with E-state index in [0.29, 0.717) is 0 Å². The summed E-state index contributed by atoms with van der Waals surface area (Å²) in [5.74, 6) is 0.206. The van der Waals surface area contributed by atoms with Crippen LogP contribution in [0.25, 0.3) is 0 Å². The van der Waals surface area contributed by atoms with Gasteiger partial charge in [0.2, 0.25) is 5.96 Å². The van der Waals surface area contributed by atoms with Crippen LogP contribution in [-0.2, 0) is 0 Å². The lowest BCUT2D eigenvalue weighted by molar-refractivity contribution is 0.907. The number of hydrogen-bond donors (Lipinski definition) is 1. The van der Waals surface area contributed by atoms with Crippen LogP contribution in [0.4, 0.5) is 0 Å². The minimum atomic E-state index is 0.206. The van der Waals surface area contributed by atoms with E-state index in [1.807, 2.05) is 6.92 Å². The van der Waals surface area contributed by atoms with E-state index in [-0.39, 0.29) is 5.96 Å². The van der Waals surface area contributed by atoms with E-state index in [0.717, 1.165) is 6.42 Å². The Morgan fingerprint density at radius 1 is 1.75 bits per heavy atom. The summed E-state index contributed by atoms with van der Waals surface area (Å²) in [7, 11) is 0. The molecule has 0 spiro atoms. The summed E-state index contributed by atoms with van der Waals surface area (Å²) in [4.78, 5) is 3.71. The molecule has 6 nitrogen and oxygen atoms in total. The Kier molecular flexibility index (Phi) is 2.95. The summed E-state index contributed by atoms with van der Waals surface area (Å²) >= 11 is 0. The van der Waals surface area contributed by atoms with E-state index in [1.165, 1.54) is 17.3 Å². The molecule has 6 heteroatoms. The Morgan fingerprint density at radius 2 is 2.58 bits per heavy atom. The molecule has 0 aliphatic carbocycles. The maximum Gasteiger partial charge on any atom is 0.242 e. The largest absolute Gasteiger partial charge is 0.366 e. The standard InChI is InChI=1S/C6H10N6/c1-2-3-9-11-6(7)12-5-8-4-10-12/h3-5H,2H2,1H3,(H2,7,11)/b9-3+. The van der Waals surface area contributed by atoms with Crippen molar-refractivity contribution in [2.24, 2.45) is 15.9 Å². The van der Waals surface area contributed by atoms with Gasteiger partial charge in [0.25, 0.3) is 0 Å². The molecule has 1 aromatic heterocycles. The fraction of sp³-hybridized carbons (Fsp3) is 0.333. The Hall–Kier alpha value is -1.72. The van der Waals surface area contributed by atoms with Crippen molar-refractivity contribution in [2.75, 3.05) is 0 Å². The van der Waals surface area contributed by atoms with Gasteiger partial charge in [-0.25, -0.2) is 4.98 Å². The number of nitrogens with zero attached hydrogens (tertiary/aromatic N) is 5. The van der Waals surface area contributed by atoms with E-state index >= 15 is 0 Å². The zero-order chi connectivity index (χ0) is 8.81. The molecule has 0 radical (unpaired) electrons. The van der Waals surface area contributed by atoms with Crippen LogP contribution < -0.4 is 5.73 Å². The van der Waals surface area contributed by atoms with Crippen LogP contribution in [0.1, 0.15) is 13.3 Å². The first-order valence-electron chi connectivity index (χ1n) is 3.54. The Morgan fingerprint density at radius 3 is 3.17 bits per heavy atom. The van der Waals surface area contributed by atoms with Gasteiger partial charge in [0.05, 0.1) is 0 Å². The third-order valence-corrected chi connectivity index (χ3v) is 1.08. The fourth-order valence-corrected chi connectivity index (χ4v) is 0.554. The second-order valence-corrected chi connectivity index (χ2v) is 2.00. The van der Waals surface area contributed by atoms with Crippen LogP contribution in [0.2, 0.25) is 0 Å². The van der Waals surface area contributed by atoms with Gasteiger partial charge in [-0.1, -0.05) is 6.92 Å². The van der Waals surface area contributed by atoms with Crippen LogP contribution >= 0.6 is 0 Å². The summed E-state index contributed by atoms with van der Waals surface area (Å²) < 4.78 is 1.34. The second-order valence-electron chi connectivity index (χ2n) is 2.00. The molecule has 0 aliphatic heterocycles. The van der Waals surface area contributed by atoms with Gasteiger partial charge in [-0.15, -0.1) is 5.10 Å². The predicted molar refractivity (Wildman–Crippen MR) is 45.8 cm³/mol. The van der Waals surface area contributed by atoms with Crippen molar-refractivity contribution >= 4 is 12.2 Å². The van der Waals surface area contributed by atoms with Crippen LogP contribution in [0, 0.1) is 0 Å². The van der Waals surface area contributed by atoms with Crippen LogP contribution in [0.15, 0.2) is 22.9 Å². The van der Waals surface area contributed by atoms with Gasteiger partial charge in [-0.05, 0) is 6.42 Å². The molecule has 1 rings (SSSR count). The zero-order valence-corrected chi connectivity index (χ0v) is 6.75. The van der Waals surface area contributed by atoms with E-state index in [2.05, 4.69) is 20.3 Å². The molecule has 0 saturated heterocycles. The highest BCUT2D eigenvalue weighted by Gasteiger charge is 1.93. The van der Waals surface area contributed by atoms with E-state index in [4.69, 9.17) is 5.73 Å². The number of hydrogen-bond acceptors (Lipinski definition) is 4. The van der Waals surface area contributed by atoms with Crippen LogP contribution in [0.5, 0.6) is 0 Å². The van der Waals surface area contributed by atoms with Gasteiger partial charge in [0.1, 0.15) is 12.7 Å². The van der Waals surface area contributed by atoms with Crippen molar-refractivity contribution in [3.63, 3.8) is 0 Å². The maximum absolute atomic E-state index is 5.48. The van der Waals surface area contributed by atoms with Gasteiger partial charge in [0.15, 0.2) is 0 Å². The van der Waals surface area contributed by atoms with Crippen molar-refractivity contribution in [3.05, 3.63) is 12.7 Å². The van der Waals surface area contributed by atoms with Crippen molar-refractivity contribution in [3.8, 4) is 0 Å². The Labute approximate surface area is 69.8 Å². The minimum absolute atomic E-state index is 0.206. The second kappa shape index (κ2) is 4.22. The lowest BCUT2D eigenvalue weighted by Crippen LogP contribution is -2.22. The first-order chi connectivity index (χ1) is 5.84. The van der Waals surface area contributed by atoms with Crippen LogP contribution in [-0.4, -0.2) is 26.9 Å². The predicted octanol–water partition coefficient (Wildman–Crippen LogP) is -0.163. The third-order valence-electron chi connectivity index (χ3n) is 1.08. The highest BCUT2D eigenvalue weighted by molar-refractivity contribution is 5.79. The molecule has 2 N–H and O–H groups in total. The lowest BCUT2D eigenvalue weighted by Gasteiger charge is -1.93. The Balaban J connectivity index is 2.65. The van der Waals surface area contributed by atoms with Gasteiger partial charge in [0, 0.05) is 6.21 Å². The molecule has 0 fully saturated rings. The highest BCUT2D eigenvalue weighted by atomic mass is 15.4. The molecule has 1 aromatic rings. The minimum Gasteiger partial charge on any atom is -0.366 e. The van der Waals surface area contributed by atoms with E-state index < -0.39 is 0 Å². The average molecular weight is 166 g/mol. The Bertz CT molecular complexity index is 272. The van der Waals surface area contributed by atoms with E-state index in [9.17, 15) is 0 Å². The number of nitrogens with two attached hydrogens (primary N) is 1. The first kappa shape index (κ1) is 8.38. The summed E-state index contributed by atoms with van der Waals surface area (Å²) in [5.41, 5.74) is 5.48. The number of rotatable bonds is 2. The molecule has 64 valence electrons. The summed E-state index contributed by atoms with van der Waals surface area (Å²) in [6.45, 7) is 1.96. The van der Waals surface area contributed by atoms with Crippen molar-refractivity contribution < 1.29 is 0 Å². The monoisotopic (exact) mass is 166 g/mol. The van der Waals surface area contributed by atoms with Crippen molar-refractivity contribution in [1.29, 1.82) is 0 Å². The van der Waals surface area contributed by atoms with Gasteiger partial charge in [-0.3, -0.25) is 0 Å². The van der Waals surface area contributed by atoms with Gasteiger partial charge in [-0.2, -0.15) is 14.9 Å². The molecule has 1 heterocycles. The fourth-order valence-electron chi connectivity index (χ4n) is 0.554. The third kappa shape index (κ3) is 2.15. The van der Waals surface area contributed by atoms with E-state index in [1.54, 1.807) is 6.21 Å². The maximum atomic E-state index is 5.48.